The van der Waals surface area contributed by atoms with Gasteiger partial charge in [0.05, 0.1) is 11.9 Å². The molecule has 1 rings (SSSR count). The molecule has 0 saturated carbocycles. The van der Waals surface area contributed by atoms with E-state index in [0.29, 0.717) is 5.69 Å². The van der Waals surface area contributed by atoms with Crippen LogP contribution in [0.5, 0.6) is 0 Å². The van der Waals surface area contributed by atoms with Gasteiger partial charge in [-0.15, -0.1) is 0 Å². The molecular weight excluding hydrogens is 304 g/mol. The Morgan fingerprint density at radius 2 is 2.29 bits per heavy atom. The second-order valence-electron chi connectivity index (χ2n) is 3.15. The van der Waals surface area contributed by atoms with Crippen LogP contribution in [0.25, 0.3) is 0 Å². The van der Waals surface area contributed by atoms with E-state index < -0.39 is 0 Å². The summed E-state index contributed by atoms with van der Waals surface area (Å²) in [6.45, 7) is 1.45. The highest BCUT2D eigenvalue weighted by atomic mass is 79.9. The number of amides is 1. The molecular formula is C10H11BrN4OS. The van der Waals surface area contributed by atoms with Crippen molar-refractivity contribution in [3.63, 3.8) is 0 Å². The van der Waals surface area contributed by atoms with Crippen molar-refractivity contribution >= 4 is 51.1 Å². The summed E-state index contributed by atoms with van der Waals surface area (Å²) in [5.74, 6) is -0.123. The lowest BCUT2D eigenvalue weighted by atomic mass is 10.2. The number of hydrazone groups is 1. The number of carbonyl (C=O) groups is 1. The van der Waals surface area contributed by atoms with Crippen LogP contribution in [-0.2, 0) is 4.79 Å². The molecule has 0 bridgehead atoms. The first-order valence-corrected chi connectivity index (χ1v) is 5.85. The molecule has 0 aliphatic carbocycles. The van der Waals surface area contributed by atoms with Gasteiger partial charge in [-0.25, -0.2) is 0 Å². The number of rotatable bonds is 3. The van der Waals surface area contributed by atoms with Gasteiger partial charge in [0.15, 0.2) is 5.11 Å². The molecule has 0 aliphatic rings. The SMILES string of the molecule is CC(=O)Nc1ccc(C=NNC(N)=S)cc1Br. The largest absolute Gasteiger partial charge is 0.375 e. The fraction of sp³-hybridized carbons (Fsp3) is 0.100. The number of anilines is 1. The van der Waals surface area contributed by atoms with Crippen molar-refractivity contribution in [2.75, 3.05) is 5.32 Å². The highest BCUT2D eigenvalue weighted by Gasteiger charge is 2.01. The Morgan fingerprint density at radius 1 is 1.59 bits per heavy atom. The number of nitrogens with two attached hydrogens (primary N) is 1. The molecule has 0 saturated heterocycles. The summed E-state index contributed by atoms with van der Waals surface area (Å²) in [4.78, 5) is 10.9. The van der Waals surface area contributed by atoms with Crippen LogP contribution in [0, 0.1) is 0 Å². The number of hydrogen-bond donors (Lipinski definition) is 3. The molecule has 0 aromatic heterocycles. The van der Waals surface area contributed by atoms with Crippen LogP contribution in [0.4, 0.5) is 5.69 Å². The summed E-state index contributed by atoms with van der Waals surface area (Å²) in [6.07, 6.45) is 1.57. The van der Waals surface area contributed by atoms with Crippen molar-refractivity contribution < 1.29 is 4.79 Å². The summed E-state index contributed by atoms with van der Waals surface area (Å²) < 4.78 is 0.770. The first-order chi connectivity index (χ1) is 7.99. The molecule has 0 heterocycles. The Hall–Kier alpha value is -1.47. The number of carbonyl (C=O) groups excluding carboxylic acids is 1. The molecule has 0 spiro atoms. The topological polar surface area (TPSA) is 79.5 Å². The van der Waals surface area contributed by atoms with Gasteiger partial charge in [0.2, 0.25) is 5.91 Å². The molecule has 0 fully saturated rings. The van der Waals surface area contributed by atoms with Crippen molar-refractivity contribution in [3.05, 3.63) is 28.2 Å². The van der Waals surface area contributed by atoms with E-state index in [0.717, 1.165) is 10.0 Å². The Kier molecular flexibility index (Phi) is 5.05. The predicted octanol–water partition coefficient (Wildman–Crippen LogP) is 1.57. The third-order valence-corrected chi connectivity index (χ3v) is 2.44. The number of thiocarbonyl (C=S) groups is 1. The van der Waals surface area contributed by atoms with Gasteiger partial charge >= 0.3 is 0 Å². The van der Waals surface area contributed by atoms with E-state index in [4.69, 9.17) is 5.73 Å². The summed E-state index contributed by atoms with van der Waals surface area (Å²) in [5, 5.41) is 6.62. The smallest absolute Gasteiger partial charge is 0.221 e. The van der Waals surface area contributed by atoms with Gasteiger partial charge in [-0.2, -0.15) is 5.10 Å². The molecule has 5 nitrogen and oxygen atoms in total. The van der Waals surface area contributed by atoms with Crippen LogP contribution < -0.4 is 16.5 Å². The monoisotopic (exact) mass is 314 g/mol. The van der Waals surface area contributed by atoms with Crippen LogP contribution in [0.1, 0.15) is 12.5 Å². The highest BCUT2D eigenvalue weighted by molar-refractivity contribution is 9.10. The lowest BCUT2D eigenvalue weighted by Gasteiger charge is -2.05. The lowest BCUT2D eigenvalue weighted by Crippen LogP contribution is -2.23. The van der Waals surface area contributed by atoms with Crippen molar-refractivity contribution in [1.82, 2.24) is 5.43 Å². The zero-order valence-corrected chi connectivity index (χ0v) is 11.4. The number of hydrogen-bond acceptors (Lipinski definition) is 3. The molecule has 90 valence electrons. The van der Waals surface area contributed by atoms with Crippen molar-refractivity contribution in [2.24, 2.45) is 10.8 Å². The molecule has 0 radical (unpaired) electrons. The van der Waals surface area contributed by atoms with E-state index in [-0.39, 0.29) is 11.0 Å². The van der Waals surface area contributed by atoms with Crippen molar-refractivity contribution in [2.45, 2.75) is 6.92 Å². The molecule has 1 aromatic carbocycles. The van der Waals surface area contributed by atoms with E-state index in [1.807, 2.05) is 6.07 Å². The van der Waals surface area contributed by atoms with Gasteiger partial charge in [0, 0.05) is 11.4 Å². The van der Waals surface area contributed by atoms with E-state index in [1.54, 1.807) is 18.3 Å². The maximum absolute atomic E-state index is 10.9. The Morgan fingerprint density at radius 3 is 2.82 bits per heavy atom. The molecule has 7 heteroatoms. The van der Waals surface area contributed by atoms with Gasteiger partial charge in [0.25, 0.3) is 0 Å². The summed E-state index contributed by atoms with van der Waals surface area (Å²) in [7, 11) is 0. The van der Waals surface area contributed by atoms with E-state index >= 15 is 0 Å². The fourth-order valence-corrected chi connectivity index (χ4v) is 1.62. The quantitative estimate of drug-likeness (QED) is 0.449. The molecule has 0 atom stereocenters. The molecule has 17 heavy (non-hydrogen) atoms. The third kappa shape index (κ3) is 4.92. The Balaban J connectivity index is 2.78. The molecule has 1 aromatic rings. The third-order valence-electron chi connectivity index (χ3n) is 1.69. The second kappa shape index (κ2) is 6.31. The zero-order valence-electron chi connectivity index (χ0n) is 9.03. The first kappa shape index (κ1) is 13.6. The van der Waals surface area contributed by atoms with Gasteiger partial charge in [-0.3, -0.25) is 10.2 Å². The molecule has 4 N–H and O–H groups in total. The van der Waals surface area contributed by atoms with Crippen LogP contribution in [0.2, 0.25) is 0 Å². The number of benzene rings is 1. The Labute approximate surface area is 113 Å². The predicted molar refractivity (Wildman–Crippen MR) is 76.0 cm³/mol. The minimum absolute atomic E-state index is 0.107. The van der Waals surface area contributed by atoms with E-state index in [2.05, 4.69) is 44.0 Å². The Bertz CT molecular complexity index is 475. The van der Waals surface area contributed by atoms with E-state index in [9.17, 15) is 4.79 Å². The van der Waals surface area contributed by atoms with Crippen LogP contribution in [0.3, 0.4) is 0 Å². The minimum atomic E-state index is -0.123. The normalized spacial score (nSPS) is 10.2. The van der Waals surface area contributed by atoms with Crippen molar-refractivity contribution in [3.8, 4) is 0 Å². The van der Waals surface area contributed by atoms with E-state index in [1.165, 1.54) is 6.92 Å². The summed E-state index contributed by atoms with van der Waals surface area (Å²) in [6, 6.07) is 5.39. The number of nitrogens with one attached hydrogen (secondary N) is 2. The minimum Gasteiger partial charge on any atom is -0.375 e. The maximum Gasteiger partial charge on any atom is 0.221 e. The zero-order chi connectivity index (χ0) is 12.8. The average Bonchev–Trinajstić information content (AvgIpc) is 2.21. The lowest BCUT2D eigenvalue weighted by molar-refractivity contribution is -0.114. The van der Waals surface area contributed by atoms with Gasteiger partial charge < -0.3 is 11.1 Å². The molecule has 0 aliphatic heterocycles. The van der Waals surface area contributed by atoms with Crippen molar-refractivity contribution in [1.29, 1.82) is 0 Å². The fourth-order valence-electron chi connectivity index (χ4n) is 1.07. The highest BCUT2D eigenvalue weighted by Crippen LogP contribution is 2.22. The van der Waals surface area contributed by atoms with Gasteiger partial charge in [-0.1, -0.05) is 6.07 Å². The van der Waals surface area contributed by atoms with Gasteiger partial charge in [0.1, 0.15) is 0 Å². The van der Waals surface area contributed by atoms with Crippen LogP contribution in [0.15, 0.2) is 27.8 Å². The first-order valence-electron chi connectivity index (χ1n) is 4.64. The average molecular weight is 315 g/mol. The molecule has 0 unspecified atom stereocenters. The molecule has 1 amide bonds. The van der Waals surface area contributed by atoms with Crippen LogP contribution in [-0.4, -0.2) is 17.2 Å². The standard InChI is InChI=1S/C10H11BrN4OS/c1-6(16)14-9-3-2-7(4-8(9)11)5-13-15-10(12)17/h2-5H,1H3,(H,14,16)(H3,12,15,17). The number of nitrogens with zero attached hydrogens (tertiary/aromatic N) is 1. The van der Waals surface area contributed by atoms with Crippen LogP contribution >= 0.6 is 28.1 Å². The van der Waals surface area contributed by atoms with Gasteiger partial charge in [-0.05, 0) is 45.8 Å². The maximum atomic E-state index is 10.9. The second-order valence-corrected chi connectivity index (χ2v) is 4.45. The summed E-state index contributed by atoms with van der Waals surface area (Å²) in [5.41, 5.74) is 9.22. The number of halogens is 1. The summed E-state index contributed by atoms with van der Waals surface area (Å²) >= 11 is 7.95.